The van der Waals surface area contributed by atoms with E-state index in [0.29, 0.717) is 18.2 Å². The molecule has 0 fully saturated rings. The lowest BCUT2D eigenvalue weighted by atomic mass is 10.1. The number of hydrogen-bond acceptors (Lipinski definition) is 3. The summed E-state index contributed by atoms with van der Waals surface area (Å²) in [6.45, 7) is 4.63. The summed E-state index contributed by atoms with van der Waals surface area (Å²) in [4.78, 5) is 11.8. The van der Waals surface area contributed by atoms with Crippen LogP contribution in [0.1, 0.15) is 30.8 Å². The van der Waals surface area contributed by atoms with Crippen LogP contribution in [0, 0.1) is 5.92 Å². The zero-order chi connectivity index (χ0) is 12.3. The van der Waals surface area contributed by atoms with Gasteiger partial charge >= 0.3 is 5.97 Å². The summed E-state index contributed by atoms with van der Waals surface area (Å²) in [5, 5.41) is 7.62. The Labute approximate surface area is 100.0 Å². The van der Waals surface area contributed by atoms with Gasteiger partial charge in [0.05, 0.1) is 12.1 Å². The van der Waals surface area contributed by atoms with Crippen LogP contribution in [0.3, 0.4) is 0 Å². The second-order valence-electron chi connectivity index (χ2n) is 4.44. The van der Waals surface area contributed by atoms with Crippen LogP contribution >= 0.6 is 0 Å². The zero-order valence-corrected chi connectivity index (χ0v) is 10.1. The second-order valence-corrected chi connectivity index (χ2v) is 4.44. The number of ether oxygens (including phenoxy) is 1. The molecular weight excluding hydrogens is 216 g/mol. The molecule has 1 aromatic carbocycles. The number of benzene rings is 1. The Balaban J connectivity index is 2.09. The number of para-hydroxylation sites is 1. The number of esters is 1. The Morgan fingerprint density at radius 3 is 2.94 bits per heavy atom. The van der Waals surface area contributed by atoms with Gasteiger partial charge in [-0.3, -0.25) is 5.10 Å². The summed E-state index contributed by atoms with van der Waals surface area (Å²) in [5.74, 6) is 0.168. The van der Waals surface area contributed by atoms with Gasteiger partial charge in [0.2, 0.25) is 0 Å². The van der Waals surface area contributed by atoms with Gasteiger partial charge in [-0.15, -0.1) is 0 Å². The molecule has 0 bridgehead atoms. The maximum absolute atomic E-state index is 11.8. The number of H-pyrrole nitrogens is 1. The van der Waals surface area contributed by atoms with Crippen molar-refractivity contribution in [2.24, 2.45) is 5.92 Å². The van der Waals surface area contributed by atoms with Crippen LogP contribution in [0.5, 0.6) is 0 Å². The van der Waals surface area contributed by atoms with E-state index in [1.54, 1.807) is 0 Å². The smallest absolute Gasteiger partial charge is 0.359 e. The topological polar surface area (TPSA) is 55.0 Å². The van der Waals surface area contributed by atoms with Gasteiger partial charge in [0.15, 0.2) is 5.69 Å². The lowest BCUT2D eigenvalue weighted by molar-refractivity contribution is 0.0483. The van der Waals surface area contributed by atoms with E-state index < -0.39 is 0 Å². The van der Waals surface area contributed by atoms with Crippen molar-refractivity contribution < 1.29 is 9.53 Å². The molecule has 1 aromatic heterocycles. The van der Waals surface area contributed by atoms with Crippen molar-refractivity contribution in [1.82, 2.24) is 10.2 Å². The molecule has 0 aliphatic heterocycles. The van der Waals surface area contributed by atoms with Gasteiger partial charge in [-0.05, 0) is 18.4 Å². The van der Waals surface area contributed by atoms with Gasteiger partial charge in [-0.1, -0.05) is 32.0 Å². The average molecular weight is 232 g/mol. The molecule has 0 aliphatic carbocycles. The Bertz CT molecular complexity index is 517. The van der Waals surface area contributed by atoms with Crippen molar-refractivity contribution in [2.45, 2.75) is 20.3 Å². The predicted octanol–water partition coefficient (Wildman–Crippen LogP) is 2.77. The van der Waals surface area contributed by atoms with Crippen LogP contribution in [-0.4, -0.2) is 22.8 Å². The van der Waals surface area contributed by atoms with Crippen LogP contribution in [-0.2, 0) is 4.74 Å². The van der Waals surface area contributed by atoms with Crippen LogP contribution in [0.2, 0.25) is 0 Å². The first-order valence-corrected chi connectivity index (χ1v) is 5.78. The molecule has 0 saturated heterocycles. The van der Waals surface area contributed by atoms with Crippen molar-refractivity contribution in [3.05, 3.63) is 30.0 Å². The normalized spacial score (nSPS) is 11.0. The minimum absolute atomic E-state index is 0.358. The molecule has 1 heterocycles. The molecule has 2 rings (SSSR count). The van der Waals surface area contributed by atoms with Crippen molar-refractivity contribution >= 4 is 16.9 Å². The standard InChI is InChI=1S/C13H16N2O2/c1-9(2)7-8-17-13(16)12-10-5-3-4-6-11(10)14-15-12/h3-6,9H,7-8H2,1-2H3,(H,14,15). The van der Waals surface area contributed by atoms with E-state index in [1.807, 2.05) is 24.3 Å². The Morgan fingerprint density at radius 2 is 2.18 bits per heavy atom. The van der Waals surface area contributed by atoms with E-state index in [4.69, 9.17) is 4.74 Å². The molecule has 0 atom stereocenters. The first-order chi connectivity index (χ1) is 8.18. The fourth-order valence-electron chi connectivity index (χ4n) is 1.57. The molecule has 90 valence electrons. The second kappa shape index (κ2) is 4.99. The monoisotopic (exact) mass is 232 g/mol. The number of rotatable bonds is 4. The van der Waals surface area contributed by atoms with Gasteiger partial charge in [-0.2, -0.15) is 5.10 Å². The summed E-state index contributed by atoms with van der Waals surface area (Å²) >= 11 is 0. The molecule has 17 heavy (non-hydrogen) atoms. The summed E-state index contributed by atoms with van der Waals surface area (Å²) in [6.07, 6.45) is 0.869. The van der Waals surface area contributed by atoms with Gasteiger partial charge in [0.1, 0.15) is 0 Å². The predicted molar refractivity (Wildman–Crippen MR) is 65.8 cm³/mol. The maximum atomic E-state index is 11.8. The summed E-state index contributed by atoms with van der Waals surface area (Å²) in [7, 11) is 0. The van der Waals surface area contributed by atoms with Gasteiger partial charge < -0.3 is 4.74 Å². The number of carbonyl (C=O) groups is 1. The van der Waals surface area contributed by atoms with E-state index in [1.165, 1.54) is 0 Å². The first-order valence-electron chi connectivity index (χ1n) is 5.78. The summed E-state index contributed by atoms with van der Waals surface area (Å²) in [5.41, 5.74) is 1.22. The molecule has 0 unspecified atom stereocenters. The van der Waals surface area contributed by atoms with E-state index in [2.05, 4.69) is 24.0 Å². The number of carbonyl (C=O) groups excluding carboxylic acids is 1. The lowest BCUT2D eigenvalue weighted by Crippen LogP contribution is -2.08. The Kier molecular flexibility index (Phi) is 3.42. The molecule has 0 spiro atoms. The molecule has 0 radical (unpaired) electrons. The summed E-state index contributed by atoms with van der Waals surface area (Å²) in [6, 6.07) is 7.52. The van der Waals surface area contributed by atoms with E-state index >= 15 is 0 Å². The molecule has 4 nitrogen and oxygen atoms in total. The highest BCUT2D eigenvalue weighted by molar-refractivity contribution is 6.01. The fourth-order valence-corrected chi connectivity index (χ4v) is 1.57. The van der Waals surface area contributed by atoms with Crippen molar-refractivity contribution in [2.75, 3.05) is 6.61 Å². The van der Waals surface area contributed by atoms with Crippen LogP contribution in [0.15, 0.2) is 24.3 Å². The number of fused-ring (bicyclic) bond motifs is 1. The SMILES string of the molecule is CC(C)CCOC(=O)c1n[nH]c2ccccc12. The van der Waals surface area contributed by atoms with Crippen molar-refractivity contribution in [3.63, 3.8) is 0 Å². The third-order valence-corrected chi connectivity index (χ3v) is 2.59. The van der Waals surface area contributed by atoms with Crippen molar-refractivity contribution in [1.29, 1.82) is 0 Å². The molecule has 0 amide bonds. The number of aromatic amines is 1. The molecular formula is C13H16N2O2. The largest absolute Gasteiger partial charge is 0.461 e. The van der Waals surface area contributed by atoms with Gasteiger partial charge in [0.25, 0.3) is 0 Å². The van der Waals surface area contributed by atoms with E-state index in [9.17, 15) is 4.79 Å². The minimum atomic E-state index is -0.358. The fraction of sp³-hybridized carbons (Fsp3) is 0.385. The van der Waals surface area contributed by atoms with Crippen LogP contribution < -0.4 is 0 Å². The quantitative estimate of drug-likeness (QED) is 0.825. The van der Waals surface area contributed by atoms with Crippen molar-refractivity contribution in [3.8, 4) is 0 Å². The zero-order valence-electron chi connectivity index (χ0n) is 10.1. The average Bonchev–Trinajstić information content (AvgIpc) is 2.72. The highest BCUT2D eigenvalue weighted by Crippen LogP contribution is 2.16. The molecule has 0 aliphatic rings. The van der Waals surface area contributed by atoms with Crippen LogP contribution in [0.25, 0.3) is 10.9 Å². The Morgan fingerprint density at radius 1 is 1.41 bits per heavy atom. The minimum Gasteiger partial charge on any atom is -0.461 e. The molecule has 0 saturated carbocycles. The maximum Gasteiger partial charge on any atom is 0.359 e. The van der Waals surface area contributed by atoms with Crippen LogP contribution in [0.4, 0.5) is 0 Å². The third kappa shape index (κ3) is 2.64. The number of aromatic nitrogens is 2. The Hall–Kier alpha value is -1.84. The lowest BCUT2D eigenvalue weighted by Gasteiger charge is -2.05. The third-order valence-electron chi connectivity index (χ3n) is 2.59. The van der Waals surface area contributed by atoms with Gasteiger partial charge in [-0.25, -0.2) is 4.79 Å². The van der Waals surface area contributed by atoms with E-state index in [-0.39, 0.29) is 5.97 Å². The highest BCUT2D eigenvalue weighted by Gasteiger charge is 2.14. The number of hydrogen-bond donors (Lipinski definition) is 1. The molecule has 1 N–H and O–H groups in total. The first kappa shape index (κ1) is 11.6. The molecule has 2 aromatic rings. The van der Waals surface area contributed by atoms with Gasteiger partial charge in [0, 0.05) is 5.39 Å². The number of nitrogens with zero attached hydrogens (tertiary/aromatic N) is 1. The van der Waals surface area contributed by atoms with E-state index in [0.717, 1.165) is 17.3 Å². The number of nitrogens with one attached hydrogen (secondary N) is 1. The highest BCUT2D eigenvalue weighted by atomic mass is 16.5. The molecule has 4 heteroatoms. The summed E-state index contributed by atoms with van der Waals surface area (Å²) < 4.78 is 5.18.